The van der Waals surface area contributed by atoms with Crippen LogP contribution in [-0.2, 0) is 0 Å². The second-order valence-electron chi connectivity index (χ2n) is 9.44. The van der Waals surface area contributed by atoms with Gasteiger partial charge in [0.15, 0.2) is 0 Å². The summed E-state index contributed by atoms with van der Waals surface area (Å²) in [6, 6.07) is 32.0. The topological polar surface area (TPSA) is 0 Å². The molecule has 0 aliphatic heterocycles. The molecule has 0 amide bonds. The van der Waals surface area contributed by atoms with Crippen LogP contribution in [-0.4, -0.2) is 0 Å². The molecule has 148 valence electrons. The normalized spacial score (nSPS) is 12.7. The average molecular weight is 405 g/mol. The van der Waals surface area contributed by atoms with Crippen molar-refractivity contribution in [1.82, 2.24) is 0 Å². The Morgan fingerprint density at radius 3 is 1.09 bits per heavy atom. The highest BCUT2D eigenvalue weighted by molar-refractivity contribution is 6.08. The molecule has 0 heterocycles. The Kier molecular flexibility index (Phi) is 2.86. The van der Waals surface area contributed by atoms with Crippen LogP contribution >= 0.6 is 0 Å². The zero-order valence-corrected chi connectivity index (χ0v) is 18.1. The van der Waals surface area contributed by atoms with E-state index in [4.69, 9.17) is 0 Å². The second-order valence-corrected chi connectivity index (χ2v) is 9.44. The van der Waals surface area contributed by atoms with Crippen molar-refractivity contribution in [2.75, 3.05) is 0 Å². The minimum absolute atomic E-state index is 1.32. The lowest BCUT2D eigenvalue weighted by atomic mass is 9.94. The van der Waals surface area contributed by atoms with E-state index < -0.39 is 0 Å². The van der Waals surface area contributed by atoms with Crippen molar-refractivity contribution in [2.24, 2.45) is 0 Å². The molecule has 0 N–H and O–H groups in total. The summed E-state index contributed by atoms with van der Waals surface area (Å²) in [4.78, 5) is 0. The first-order valence-corrected chi connectivity index (χ1v) is 11.4. The lowest BCUT2D eigenvalue weighted by Gasteiger charge is -2.08. The monoisotopic (exact) mass is 404 g/mol. The fourth-order valence-electron chi connectivity index (χ4n) is 6.41. The Labute approximate surface area is 184 Å². The summed E-state index contributed by atoms with van der Waals surface area (Å²) < 4.78 is 0. The van der Waals surface area contributed by atoms with Gasteiger partial charge in [-0.25, -0.2) is 0 Å². The summed E-state index contributed by atoms with van der Waals surface area (Å²) in [5.74, 6) is 0. The van der Waals surface area contributed by atoms with Crippen molar-refractivity contribution < 1.29 is 0 Å². The van der Waals surface area contributed by atoms with Gasteiger partial charge in [0.2, 0.25) is 0 Å². The first-order chi connectivity index (χ1) is 15.7. The maximum Gasteiger partial charge on any atom is -0.0000935 e. The summed E-state index contributed by atoms with van der Waals surface area (Å²) in [7, 11) is 0. The van der Waals surface area contributed by atoms with Crippen LogP contribution < -0.4 is 0 Å². The van der Waals surface area contributed by atoms with E-state index in [1.165, 1.54) is 85.2 Å². The molecule has 8 rings (SSSR count). The molecule has 2 aliphatic carbocycles. The summed E-state index contributed by atoms with van der Waals surface area (Å²) in [6.07, 6.45) is 0. The quantitative estimate of drug-likeness (QED) is 0.229. The van der Waals surface area contributed by atoms with Crippen LogP contribution in [0, 0.1) is 55.6 Å². The molecule has 0 saturated heterocycles. The van der Waals surface area contributed by atoms with Crippen molar-refractivity contribution in [3.63, 3.8) is 0 Å². The summed E-state index contributed by atoms with van der Waals surface area (Å²) >= 11 is 0. The van der Waals surface area contributed by atoms with Crippen LogP contribution in [0.3, 0.4) is 0 Å². The van der Waals surface area contributed by atoms with Crippen molar-refractivity contribution >= 4 is 32.3 Å². The Bertz CT molecular complexity index is 2090. The Balaban J connectivity index is 2.00. The number of fused-ring (bicyclic) bond motifs is 8. The number of hydrogen-bond acceptors (Lipinski definition) is 0. The molecule has 32 heavy (non-hydrogen) atoms. The lowest BCUT2D eigenvalue weighted by molar-refractivity contribution is 1.40. The summed E-state index contributed by atoms with van der Waals surface area (Å²) in [5, 5.41) is 19.6. The average Bonchev–Trinajstić information content (AvgIpc) is 3.32. The van der Waals surface area contributed by atoms with E-state index in [0.717, 1.165) is 0 Å². The predicted molar refractivity (Wildman–Crippen MR) is 132 cm³/mol. The smallest absolute Gasteiger partial charge is 0.0000935 e. The van der Waals surface area contributed by atoms with Crippen LogP contribution in [0.1, 0.15) is 11.1 Å². The van der Waals surface area contributed by atoms with Gasteiger partial charge in [0.25, 0.3) is 0 Å². The highest BCUT2D eigenvalue weighted by Crippen LogP contribution is 2.39. The fraction of sp³-hybridized carbons (Fsp3) is 0.0625. The molecule has 0 aromatic heterocycles. The molecule has 0 spiro atoms. The maximum absolute atomic E-state index is 2.39. The number of benzene rings is 6. The van der Waals surface area contributed by atoms with Crippen LogP contribution in [0.5, 0.6) is 0 Å². The van der Waals surface area contributed by atoms with Gasteiger partial charge in [-0.3, -0.25) is 0 Å². The van der Waals surface area contributed by atoms with Gasteiger partial charge >= 0.3 is 0 Å². The SMILES string of the molecule is Cc1ccc2c(c1)=c1c3ccccc3c3c4c(c5ccccc5c=2c14)=c1cc(C)ccc1=3. The summed E-state index contributed by atoms with van der Waals surface area (Å²) in [6.45, 7) is 4.41. The van der Waals surface area contributed by atoms with Gasteiger partial charge in [-0.15, -0.1) is 0 Å². The lowest BCUT2D eigenvalue weighted by Crippen LogP contribution is -1.86. The van der Waals surface area contributed by atoms with E-state index in [0.29, 0.717) is 0 Å². The predicted octanol–water partition coefficient (Wildman–Crippen LogP) is 7.54. The fourth-order valence-corrected chi connectivity index (χ4v) is 6.41. The van der Waals surface area contributed by atoms with Crippen molar-refractivity contribution in [1.29, 1.82) is 0 Å². The molecule has 0 nitrogen and oxygen atoms in total. The van der Waals surface area contributed by atoms with Crippen molar-refractivity contribution in [3.8, 4) is 0 Å². The second kappa shape index (κ2) is 5.47. The molecule has 0 fully saturated rings. The first kappa shape index (κ1) is 16.8. The highest BCUT2D eigenvalue weighted by atomic mass is 14.2. The molecule has 0 saturated carbocycles. The molecule has 2 aliphatic rings. The van der Waals surface area contributed by atoms with Gasteiger partial charge < -0.3 is 0 Å². The van der Waals surface area contributed by atoms with E-state index in [-0.39, 0.29) is 0 Å². The standard InChI is InChI=1S/C32H20/c1-17-11-13-23-25(15-17)29-21-9-5-3-7-19(21)28-24-14-12-18(2)16-26(24)30-22-10-6-4-8-20(22)27(23)31(29)32(28)30/h3-16H,1-2H3. The van der Waals surface area contributed by atoms with Crippen LogP contribution in [0.25, 0.3) is 32.3 Å². The molecular formula is C32H20. The third-order valence-corrected chi connectivity index (χ3v) is 7.61. The third-order valence-electron chi connectivity index (χ3n) is 7.61. The molecule has 0 bridgehead atoms. The molecule has 0 atom stereocenters. The number of rotatable bonds is 0. The molecule has 6 aromatic carbocycles. The highest BCUT2D eigenvalue weighted by Gasteiger charge is 2.19. The summed E-state index contributed by atoms with van der Waals surface area (Å²) in [5.41, 5.74) is 2.63. The van der Waals surface area contributed by atoms with E-state index in [2.05, 4.69) is 98.8 Å². The van der Waals surface area contributed by atoms with E-state index >= 15 is 0 Å². The third kappa shape index (κ3) is 1.78. The van der Waals surface area contributed by atoms with Gasteiger partial charge in [0.05, 0.1) is 0 Å². The van der Waals surface area contributed by atoms with Gasteiger partial charge in [-0.2, -0.15) is 0 Å². The van der Waals surface area contributed by atoms with Gasteiger partial charge in [-0.05, 0) is 87.9 Å². The molecular weight excluding hydrogens is 384 g/mol. The van der Waals surface area contributed by atoms with Gasteiger partial charge in [0, 0.05) is 0 Å². The zero-order chi connectivity index (χ0) is 21.1. The Morgan fingerprint density at radius 2 is 0.719 bits per heavy atom. The molecule has 0 unspecified atom stereocenters. The number of hydrogen-bond donors (Lipinski definition) is 0. The largest absolute Gasteiger partial charge is 0.0616 e. The minimum Gasteiger partial charge on any atom is -0.0616 e. The molecule has 0 heteroatoms. The first-order valence-electron chi connectivity index (χ1n) is 11.4. The van der Waals surface area contributed by atoms with Crippen LogP contribution in [0.2, 0.25) is 0 Å². The van der Waals surface area contributed by atoms with Crippen LogP contribution in [0.4, 0.5) is 0 Å². The molecule has 0 radical (unpaired) electrons. The van der Waals surface area contributed by atoms with Gasteiger partial charge in [0.1, 0.15) is 0 Å². The Morgan fingerprint density at radius 1 is 0.375 bits per heavy atom. The van der Waals surface area contributed by atoms with E-state index in [9.17, 15) is 0 Å². The zero-order valence-electron chi connectivity index (χ0n) is 18.1. The molecule has 6 aromatic rings. The minimum atomic E-state index is 1.32. The maximum atomic E-state index is 2.39. The van der Waals surface area contributed by atoms with Crippen molar-refractivity contribution in [2.45, 2.75) is 13.8 Å². The van der Waals surface area contributed by atoms with E-state index in [1.807, 2.05) is 0 Å². The number of aryl methyl sites for hydroxylation is 2. The van der Waals surface area contributed by atoms with Crippen LogP contribution in [0.15, 0.2) is 84.9 Å². The Hall–Kier alpha value is -3.90. The van der Waals surface area contributed by atoms with Gasteiger partial charge in [-0.1, -0.05) is 96.1 Å². The van der Waals surface area contributed by atoms with E-state index in [1.54, 1.807) is 0 Å². The van der Waals surface area contributed by atoms with Crippen molar-refractivity contribution in [3.05, 3.63) is 138 Å².